The van der Waals surface area contributed by atoms with Crippen LogP contribution in [-0.2, 0) is 0 Å². The fourth-order valence-corrected chi connectivity index (χ4v) is 1.80. The first-order valence-electron chi connectivity index (χ1n) is 3.98. The maximum absolute atomic E-state index is 9.06. The van der Waals surface area contributed by atoms with Gasteiger partial charge in [-0.1, -0.05) is 6.07 Å². The van der Waals surface area contributed by atoms with E-state index in [1.54, 1.807) is 0 Å². The molecule has 15 heavy (non-hydrogen) atoms. The summed E-state index contributed by atoms with van der Waals surface area (Å²) in [5, 5.41) is 26.6. The van der Waals surface area contributed by atoms with E-state index >= 15 is 0 Å². The van der Waals surface area contributed by atoms with E-state index in [9.17, 15) is 0 Å². The molecule has 0 aliphatic rings. The molecule has 0 atom stereocenters. The van der Waals surface area contributed by atoms with Crippen LogP contribution >= 0.6 is 11.7 Å². The molecule has 75 valence electrons. The Kier molecular flexibility index (Phi) is 2.87. The number of aromatic nitrogens is 2. The fourth-order valence-electron chi connectivity index (χ4n) is 1.22. The molecule has 0 saturated carbocycles. The van der Waals surface area contributed by atoms with E-state index < -0.39 is 7.12 Å². The summed E-state index contributed by atoms with van der Waals surface area (Å²) in [6.45, 7) is 0. The SMILES string of the molecule is O[B]Oc1ccc(B(O)O)c2nsnc12. The van der Waals surface area contributed by atoms with Gasteiger partial charge in [-0.05, 0) is 6.07 Å². The van der Waals surface area contributed by atoms with E-state index in [1.807, 2.05) is 0 Å². The van der Waals surface area contributed by atoms with E-state index in [4.69, 9.17) is 19.7 Å². The number of benzene rings is 1. The summed E-state index contributed by atoms with van der Waals surface area (Å²) in [4.78, 5) is 0. The van der Waals surface area contributed by atoms with Gasteiger partial charge in [-0.25, -0.2) is 0 Å². The van der Waals surface area contributed by atoms with Crippen LogP contribution in [0.15, 0.2) is 12.1 Å². The number of fused-ring (bicyclic) bond motifs is 1. The quantitative estimate of drug-likeness (QED) is 0.535. The van der Waals surface area contributed by atoms with Crippen molar-refractivity contribution in [3.8, 4) is 5.75 Å². The molecule has 3 N–H and O–H groups in total. The van der Waals surface area contributed by atoms with Crippen molar-refractivity contribution in [1.82, 2.24) is 8.75 Å². The minimum Gasteiger partial charge on any atom is -0.536 e. The van der Waals surface area contributed by atoms with Gasteiger partial charge in [0.25, 0.3) is 0 Å². The minimum absolute atomic E-state index is 0.254. The second-order valence-corrected chi connectivity index (χ2v) is 3.24. The van der Waals surface area contributed by atoms with Crippen molar-refractivity contribution in [2.24, 2.45) is 0 Å². The monoisotopic (exact) mass is 223 g/mol. The Morgan fingerprint density at radius 1 is 1.27 bits per heavy atom. The average Bonchev–Trinajstić information content (AvgIpc) is 2.66. The first-order chi connectivity index (χ1) is 7.24. The summed E-state index contributed by atoms with van der Waals surface area (Å²) in [6, 6.07) is 2.93. The normalized spacial score (nSPS) is 10.3. The van der Waals surface area contributed by atoms with Crippen LogP contribution in [0.25, 0.3) is 11.0 Å². The zero-order chi connectivity index (χ0) is 10.8. The van der Waals surface area contributed by atoms with E-state index in [0.717, 1.165) is 11.7 Å². The van der Waals surface area contributed by atoms with E-state index in [1.165, 1.54) is 12.1 Å². The van der Waals surface area contributed by atoms with Gasteiger partial charge in [-0.3, -0.25) is 0 Å². The number of rotatable bonds is 3. The lowest BCUT2D eigenvalue weighted by atomic mass is 9.79. The molecule has 0 spiro atoms. The highest BCUT2D eigenvalue weighted by atomic mass is 32.1. The Bertz CT molecular complexity index is 477. The molecule has 9 heteroatoms. The molecule has 0 aliphatic heterocycles. The molecular weight excluding hydrogens is 218 g/mol. The van der Waals surface area contributed by atoms with E-state index in [2.05, 4.69) is 8.75 Å². The highest BCUT2D eigenvalue weighted by Crippen LogP contribution is 2.21. The van der Waals surface area contributed by atoms with Gasteiger partial charge < -0.3 is 19.7 Å². The summed E-state index contributed by atoms with van der Waals surface area (Å²) < 4.78 is 12.6. The molecule has 0 aliphatic carbocycles. The zero-order valence-electron chi connectivity index (χ0n) is 7.36. The van der Waals surface area contributed by atoms with Crippen LogP contribution in [0, 0.1) is 0 Å². The van der Waals surface area contributed by atoms with Crippen LogP contribution in [0.3, 0.4) is 0 Å². The molecule has 0 saturated heterocycles. The summed E-state index contributed by atoms with van der Waals surface area (Å²) in [6.07, 6.45) is 0. The second kappa shape index (κ2) is 4.15. The largest absolute Gasteiger partial charge is 0.569 e. The molecule has 1 radical (unpaired) electrons. The highest BCUT2D eigenvalue weighted by molar-refractivity contribution is 7.00. The first-order valence-corrected chi connectivity index (χ1v) is 4.71. The molecule has 1 aromatic carbocycles. The lowest BCUT2D eigenvalue weighted by Crippen LogP contribution is -2.30. The van der Waals surface area contributed by atoms with Gasteiger partial charge in [0.2, 0.25) is 0 Å². The van der Waals surface area contributed by atoms with Gasteiger partial charge >= 0.3 is 14.8 Å². The topological polar surface area (TPSA) is 95.7 Å². The Balaban J connectivity index is 2.60. The van der Waals surface area contributed by atoms with Crippen molar-refractivity contribution in [1.29, 1.82) is 0 Å². The minimum atomic E-state index is -1.61. The second-order valence-electron chi connectivity index (χ2n) is 2.71. The maximum atomic E-state index is 9.06. The summed E-state index contributed by atoms with van der Waals surface area (Å²) >= 11 is 0.927. The molecule has 0 amide bonds. The summed E-state index contributed by atoms with van der Waals surface area (Å²) in [5.74, 6) is 0.311. The smallest absolute Gasteiger partial charge is 0.536 e. The van der Waals surface area contributed by atoms with Crippen molar-refractivity contribution in [3.63, 3.8) is 0 Å². The highest BCUT2D eigenvalue weighted by Gasteiger charge is 2.19. The van der Waals surface area contributed by atoms with Crippen molar-refractivity contribution >= 4 is 43.0 Å². The Labute approximate surface area is 89.9 Å². The van der Waals surface area contributed by atoms with Gasteiger partial charge in [0, 0.05) is 5.46 Å². The third kappa shape index (κ3) is 1.82. The Hall–Kier alpha value is -1.15. The molecule has 0 fully saturated rings. The predicted octanol–water partition coefficient (Wildman–Crippen LogP) is -1.72. The van der Waals surface area contributed by atoms with Crippen LogP contribution in [0.1, 0.15) is 0 Å². The van der Waals surface area contributed by atoms with Gasteiger partial charge in [0.05, 0.1) is 11.7 Å². The Morgan fingerprint density at radius 2 is 2.00 bits per heavy atom. The molecule has 1 heterocycles. The summed E-state index contributed by atoms with van der Waals surface area (Å²) in [7, 11) is -1.08. The van der Waals surface area contributed by atoms with Crippen molar-refractivity contribution in [3.05, 3.63) is 12.1 Å². The average molecular weight is 223 g/mol. The molecule has 2 rings (SSSR count). The van der Waals surface area contributed by atoms with E-state index in [0.29, 0.717) is 24.5 Å². The third-order valence-corrected chi connectivity index (χ3v) is 2.40. The number of hydrogen-bond donors (Lipinski definition) is 3. The molecule has 1 aromatic heterocycles. The first kappa shape index (κ1) is 10.4. The van der Waals surface area contributed by atoms with Gasteiger partial charge in [-0.15, -0.1) is 0 Å². The third-order valence-electron chi connectivity index (χ3n) is 1.87. The van der Waals surface area contributed by atoms with Crippen LogP contribution in [0.2, 0.25) is 0 Å². The molecule has 6 nitrogen and oxygen atoms in total. The van der Waals surface area contributed by atoms with E-state index in [-0.39, 0.29) is 5.46 Å². The Morgan fingerprint density at radius 3 is 2.67 bits per heavy atom. The predicted molar refractivity (Wildman–Crippen MR) is 55.8 cm³/mol. The molecule has 0 bridgehead atoms. The number of nitrogens with zero attached hydrogens (tertiary/aromatic N) is 2. The van der Waals surface area contributed by atoms with Crippen LogP contribution in [-0.4, -0.2) is 38.6 Å². The summed E-state index contributed by atoms with van der Waals surface area (Å²) in [5.41, 5.74) is 0.995. The van der Waals surface area contributed by atoms with Gasteiger partial charge in [-0.2, -0.15) is 8.75 Å². The fraction of sp³-hybridized carbons (Fsp3) is 0. The molecule has 0 unspecified atom stereocenters. The molecule has 2 aromatic rings. The van der Waals surface area contributed by atoms with Crippen LogP contribution in [0.4, 0.5) is 0 Å². The zero-order valence-corrected chi connectivity index (χ0v) is 8.18. The standard InChI is InChI=1S/C6H5B2N2O4S/c11-7-14-4-2-1-3(8(12)13)5-6(4)10-15-9-5/h1-2,11-13H. The van der Waals surface area contributed by atoms with Gasteiger partial charge in [0.15, 0.2) is 0 Å². The van der Waals surface area contributed by atoms with Crippen molar-refractivity contribution in [2.75, 3.05) is 0 Å². The number of hydrogen-bond acceptors (Lipinski definition) is 7. The van der Waals surface area contributed by atoms with Gasteiger partial charge in [0.1, 0.15) is 16.8 Å². The van der Waals surface area contributed by atoms with Crippen LogP contribution in [0.5, 0.6) is 5.75 Å². The molecular formula is C6H5B2N2O4S. The lowest BCUT2D eigenvalue weighted by molar-refractivity contribution is 0.426. The lowest BCUT2D eigenvalue weighted by Gasteiger charge is -2.04. The van der Waals surface area contributed by atoms with Crippen molar-refractivity contribution in [2.45, 2.75) is 0 Å². The maximum Gasteiger partial charge on any atom is 0.569 e. The van der Waals surface area contributed by atoms with Crippen LogP contribution < -0.4 is 10.1 Å². The van der Waals surface area contributed by atoms with Crippen molar-refractivity contribution < 1.29 is 19.7 Å².